The fourth-order valence-corrected chi connectivity index (χ4v) is 5.39. The second kappa shape index (κ2) is 11.5. The number of benzene rings is 3. The molecule has 4 rings (SSSR count). The molecule has 3 aromatic rings. The molecule has 10 heteroatoms. The third kappa shape index (κ3) is 6.11. The Balaban J connectivity index is 1.26. The summed E-state index contributed by atoms with van der Waals surface area (Å²) in [5.74, 6) is 0.268. The van der Waals surface area contributed by atoms with Gasteiger partial charge in [-0.1, -0.05) is 66.7 Å². The van der Waals surface area contributed by atoms with E-state index in [1.807, 2.05) is 42.5 Å². The fraction of sp³-hybridized carbons (Fsp3) is 0.222. The molecule has 1 amide bonds. The van der Waals surface area contributed by atoms with Crippen LogP contribution in [0.3, 0.4) is 0 Å². The van der Waals surface area contributed by atoms with Crippen molar-refractivity contribution in [3.8, 4) is 0 Å². The number of sulfonamides is 1. The first-order valence-electron chi connectivity index (χ1n) is 11.8. The van der Waals surface area contributed by atoms with Crippen molar-refractivity contribution in [2.75, 3.05) is 33.2 Å². The molecule has 37 heavy (non-hydrogen) atoms. The molecule has 0 unspecified atom stereocenters. The second-order valence-corrected chi connectivity index (χ2v) is 10.6. The van der Waals surface area contributed by atoms with Crippen LogP contribution in [0.2, 0.25) is 0 Å². The smallest absolute Gasteiger partial charge is 0.413 e. The Hall–Kier alpha value is -3.86. The molecule has 0 aliphatic carbocycles. The van der Waals surface area contributed by atoms with E-state index in [1.165, 1.54) is 28.4 Å². The van der Waals surface area contributed by atoms with E-state index < -0.39 is 16.1 Å². The highest BCUT2D eigenvalue weighted by molar-refractivity contribution is 7.89. The predicted octanol–water partition coefficient (Wildman–Crippen LogP) is 3.12. The molecular formula is C27H28N4O5S. The maximum absolute atomic E-state index is 13.1. The van der Waals surface area contributed by atoms with Crippen LogP contribution >= 0.6 is 0 Å². The zero-order valence-corrected chi connectivity index (χ0v) is 21.2. The van der Waals surface area contributed by atoms with Crippen molar-refractivity contribution in [2.24, 2.45) is 4.99 Å². The van der Waals surface area contributed by atoms with Crippen molar-refractivity contribution < 1.29 is 23.1 Å². The minimum Gasteiger partial charge on any atom is -0.465 e. The number of amidine groups is 1. The quantitative estimate of drug-likeness (QED) is 0.397. The van der Waals surface area contributed by atoms with Gasteiger partial charge in [-0.05, 0) is 23.1 Å². The van der Waals surface area contributed by atoms with Crippen LogP contribution < -0.4 is 5.32 Å². The molecule has 0 spiro atoms. The normalized spacial score (nSPS) is 14.0. The van der Waals surface area contributed by atoms with Crippen LogP contribution in [0, 0.1) is 0 Å². The molecule has 0 saturated heterocycles. The van der Waals surface area contributed by atoms with Gasteiger partial charge in [0, 0.05) is 31.1 Å². The highest BCUT2D eigenvalue weighted by Crippen LogP contribution is 2.25. The Morgan fingerprint density at radius 1 is 1.08 bits per heavy atom. The topological polar surface area (TPSA) is 119 Å². The number of hydrogen-bond donors (Lipinski definition) is 2. The molecule has 1 aliphatic heterocycles. The monoisotopic (exact) mass is 520 g/mol. The lowest BCUT2D eigenvalue weighted by Crippen LogP contribution is -2.33. The van der Waals surface area contributed by atoms with Crippen molar-refractivity contribution in [1.82, 2.24) is 14.5 Å². The zero-order chi connectivity index (χ0) is 26.4. The average Bonchev–Trinajstić information content (AvgIpc) is 3.39. The standard InChI is InChI=1S/C27H28N4O5S/c1-30(37(35,36)25-10-4-7-21-6-2-3-9-24(21)25)16-5-8-23(32)19-28-18-20-11-13-22(14-12-20)26-29-15-17-31(26)27(33)34/h2-14,28H,15-19H2,1H3,(H,33,34). The highest BCUT2D eigenvalue weighted by Gasteiger charge is 2.24. The fourth-order valence-electron chi connectivity index (χ4n) is 4.06. The number of likely N-dealkylation sites (N-methyl/N-ethyl adjacent to an activating group) is 1. The van der Waals surface area contributed by atoms with Gasteiger partial charge < -0.3 is 10.4 Å². The van der Waals surface area contributed by atoms with Gasteiger partial charge in [-0.15, -0.1) is 0 Å². The van der Waals surface area contributed by atoms with E-state index in [0.717, 1.165) is 16.5 Å². The van der Waals surface area contributed by atoms with Crippen molar-refractivity contribution in [3.63, 3.8) is 0 Å². The summed E-state index contributed by atoms with van der Waals surface area (Å²) in [6.45, 7) is 1.41. The van der Waals surface area contributed by atoms with Crippen molar-refractivity contribution >= 4 is 38.5 Å². The predicted molar refractivity (Wildman–Crippen MR) is 142 cm³/mol. The number of carbonyl (C=O) groups excluding carboxylic acids is 1. The van der Waals surface area contributed by atoms with Crippen LogP contribution in [0.1, 0.15) is 11.1 Å². The lowest BCUT2D eigenvalue weighted by molar-refractivity contribution is -0.113. The van der Waals surface area contributed by atoms with Crippen LogP contribution in [0.4, 0.5) is 4.79 Å². The second-order valence-electron chi connectivity index (χ2n) is 8.57. The number of nitrogens with one attached hydrogen (secondary N) is 1. The number of carboxylic acid groups (broad SMARTS) is 1. The third-order valence-corrected chi connectivity index (χ3v) is 7.90. The molecule has 9 nitrogen and oxygen atoms in total. The minimum atomic E-state index is -3.72. The van der Waals surface area contributed by atoms with Gasteiger partial charge >= 0.3 is 6.09 Å². The van der Waals surface area contributed by atoms with Crippen LogP contribution in [0.25, 0.3) is 10.8 Å². The number of hydrogen-bond acceptors (Lipinski definition) is 6. The Labute approximate surface area is 215 Å². The van der Waals surface area contributed by atoms with Gasteiger partial charge in [-0.2, -0.15) is 4.31 Å². The molecule has 0 bridgehead atoms. The average molecular weight is 521 g/mol. The molecule has 192 valence electrons. The number of rotatable bonds is 10. The Morgan fingerprint density at radius 2 is 1.81 bits per heavy atom. The van der Waals surface area contributed by atoms with Gasteiger partial charge in [0.25, 0.3) is 0 Å². The van der Waals surface area contributed by atoms with E-state index in [1.54, 1.807) is 24.3 Å². The molecule has 0 radical (unpaired) electrons. The first-order valence-corrected chi connectivity index (χ1v) is 13.2. The van der Waals surface area contributed by atoms with Gasteiger partial charge in [0.1, 0.15) is 5.84 Å². The van der Waals surface area contributed by atoms with Crippen LogP contribution in [-0.2, 0) is 21.4 Å². The summed E-state index contributed by atoms with van der Waals surface area (Å²) in [6.07, 6.45) is 1.90. The summed E-state index contributed by atoms with van der Waals surface area (Å²) < 4.78 is 27.3. The first kappa shape index (κ1) is 26.2. The van der Waals surface area contributed by atoms with E-state index in [4.69, 9.17) is 0 Å². The molecule has 0 fully saturated rings. The van der Waals surface area contributed by atoms with Crippen LogP contribution in [0.15, 0.2) is 88.8 Å². The number of aliphatic imine (C=N–C) groups is 1. The van der Waals surface area contributed by atoms with Crippen LogP contribution in [0.5, 0.6) is 0 Å². The van der Waals surface area contributed by atoms with Gasteiger partial charge in [0.15, 0.2) is 5.78 Å². The highest BCUT2D eigenvalue weighted by atomic mass is 32.2. The van der Waals surface area contributed by atoms with Gasteiger partial charge in [-0.3, -0.25) is 14.7 Å². The Kier molecular flexibility index (Phi) is 8.12. The zero-order valence-electron chi connectivity index (χ0n) is 20.4. The number of amides is 1. The van der Waals surface area contributed by atoms with Crippen molar-refractivity contribution in [2.45, 2.75) is 11.4 Å². The van der Waals surface area contributed by atoms with E-state index >= 15 is 0 Å². The Bertz CT molecular complexity index is 1460. The first-order chi connectivity index (χ1) is 17.8. The number of ketones is 1. The largest absolute Gasteiger partial charge is 0.465 e. The maximum Gasteiger partial charge on any atom is 0.413 e. The SMILES string of the molecule is CN(CC=CC(=O)CNCc1ccc(C2=NCCN2C(=O)O)cc1)S(=O)(=O)c1cccc2ccccc12. The summed E-state index contributed by atoms with van der Waals surface area (Å²) in [4.78, 5) is 29.3. The van der Waals surface area contributed by atoms with Gasteiger partial charge in [0.2, 0.25) is 10.0 Å². The van der Waals surface area contributed by atoms with Crippen molar-refractivity contribution in [3.05, 3.63) is 90.0 Å². The lowest BCUT2D eigenvalue weighted by atomic mass is 10.1. The molecule has 1 heterocycles. The lowest BCUT2D eigenvalue weighted by Gasteiger charge is -2.16. The van der Waals surface area contributed by atoms with E-state index in [-0.39, 0.29) is 23.8 Å². The molecule has 2 N–H and O–H groups in total. The van der Waals surface area contributed by atoms with Crippen molar-refractivity contribution in [1.29, 1.82) is 0 Å². The molecule has 0 saturated carbocycles. The van der Waals surface area contributed by atoms with Crippen LogP contribution in [-0.4, -0.2) is 73.7 Å². The summed E-state index contributed by atoms with van der Waals surface area (Å²) in [5, 5.41) is 13.8. The Morgan fingerprint density at radius 3 is 2.57 bits per heavy atom. The summed E-state index contributed by atoms with van der Waals surface area (Å²) in [5.41, 5.74) is 1.66. The number of carbonyl (C=O) groups is 2. The van der Waals surface area contributed by atoms with Gasteiger partial charge in [0.05, 0.1) is 24.5 Å². The molecule has 1 aliphatic rings. The minimum absolute atomic E-state index is 0.0655. The summed E-state index contributed by atoms with van der Waals surface area (Å²) in [6, 6.07) is 19.8. The third-order valence-electron chi connectivity index (χ3n) is 6.02. The van der Waals surface area contributed by atoms with E-state index in [2.05, 4.69) is 10.3 Å². The molecule has 3 aromatic carbocycles. The molecule has 0 atom stereocenters. The summed E-state index contributed by atoms with van der Waals surface area (Å²) >= 11 is 0. The van der Waals surface area contributed by atoms with E-state index in [9.17, 15) is 23.1 Å². The number of nitrogens with zero attached hydrogens (tertiary/aromatic N) is 3. The van der Waals surface area contributed by atoms with Gasteiger partial charge in [-0.25, -0.2) is 13.2 Å². The number of fused-ring (bicyclic) bond motifs is 1. The summed E-state index contributed by atoms with van der Waals surface area (Å²) in [7, 11) is -2.24. The maximum atomic E-state index is 13.1. The molecule has 0 aromatic heterocycles. The van der Waals surface area contributed by atoms with E-state index in [0.29, 0.717) is 30.9 Å². The molecular weight excluding hydrogens is 492 g/mol.